The van der Waals surface area contributed by atoms with E-state index < -0.39 is 11.0 Å². The summed E-state index contributed by atoms with van der Waals surface area (Å²) in [6, 6.07) is 10.6. The Morgan fingerprint density at radius 3 is 2.55 bits per heavy atom. The topological polar surface area (TPSA) is 89.5 Å². The Balaban J connectivity index is 1.96. The molecule has 0 saturated heterocycles. The highest BCUT2D eigenvalue weighted by Crippen LogP contribution is 2.37. The molecule has 2 aromatic rings. The van der Waals surface area contributed by atoms with Gasteiger partial charge >= 0.3 is 0 Å². The van der Waals surface area contributed by atoms with Crippen LogP contribution in [0.25, 0.3) is 0 Å². The molecule has 0 unspecified atom stereocenters. The lowest BCUT2D eigenvalue weighted by atomic mass is 10.1. The summed E-state index contributed by atoms with van der Waals surface area (Å²) >= 11 is 5.84. The van der Waals surface area contributed by atoms with Gasteiger partial charge in [0, 0.05) is 28.4 Å². The van der Waals surface area contributed by atoms with E-state index in [1.807, 2.05) is 12.1 Å². The molecule has 112 valence electrons. The van der Waals surface area contributed by atoms with E-state index >= 15 is 0 Å². The Morgan fingerprint density at radius 2 is 1.91 bits per heavy atom. The monoisotopic (exact) mass is 317 g/mol. The predicted octanol–water partition coefficient (Wildman–Crippen LogP) is 2.79. The molecule has 0 spiro atoms. The van der Waals surface area contributed by atoms with Gasteiger partial charge in [0.25, 0.3) is 5.69 Å². The number of nitro groups is 1. The highest BCUT2D eigenvalue weighted by molar-refractivity contribution is 6.30. The number of nitro benzene ring substituents is 1. The summed E-state index contributed by atoms with van der Waals surface area (Å²) in [4.78, 5) is 24.2. The third-order valence-corrected chi connectivity index (χ3v) is 3.89. The van der Waals surface area contributed by atoms with Crippen LogP contribution in [0.1, 0.15) is 17.2 Å². The molecule has 1 aliphatic rings. The number of hydrogen-bond donors (Lipinski definition) is 1. The van der Waals surface area contributed by atoms with Gasteiger partial charge in [-0.15, -0.1) is 0 Å². The number of hydrogen-bond acceptors (Lipinski definition) is 4. The van der Waals surface area contributed by atoms with E-state index in [-0.39, 0.29) is 11.6 Å². The fourth-order valence-electron chi connectivity index (χ4n) is 2.51. The minimum Gasteiger partial charge on any atom is -0.316 e. The zero-order valence-electron chi connectivity index (χ0n) is 11.4. The molecular formula is C15H12ClN3O3. The van der Waals surface area contributed by atoms with Gasteiger partial charge in [-0.05, 0) is 23.8 Å². The molecule has 1 aliphatic heterocycles. The number of rotatable bonds is 3. The SMILES string of the molecule is N[C@H]1C(=O)N(Cc2ccc(Cl)cc2)c2ccc([N+](=O)[O-])cc21. The Bertz CT molecular complexity index is 761. The second-order valence-electron chi connectivity index (χ2n) is 5.03. The van der Waals surface area contributed by atoms with Crippen molar-refractivity contribution in [1.29, 1.82) is 0 Å². The van der Waals surface area contributed by atoms with Crippen molar-refractivity contribution >= 4 is 28.9 Å². The summed E-state index contributed by atoms with van der Waals surface area (Å²) in [5.41, 5.74) is 7.81. The predicted molar refractivity (Wildman–Crippen MR) is 82.7 cm³/mol. The third-order valence-electron chi connectivity index (χ3n) is 3.63. The number of carbonyl (C=O) groups excluding carboxylic acids is 1. The van der Waals surface area contributed by atoms with E-state index in [0.29, 0.717) is 22.8 Å². The zero-order chi connectivity index (χ0) is 15.9. The molecule has 2 N–H and O–H groups in total. The molecule has 6 nitrogen and oxygen atoms in total. The van der Waals surface area contributed by atoms with E-state index in [2.05, 4.69) is 0 Å². The average Bonchev–Trinajstić information content (AvgIpc) is 2.74. The molecule has 2 aromatic carbocycles. The Kier molecular flexibility index (Phi) is 3.56. The lowest BCUT2D eigenvalue weighted by Gasteiger charge is -2.17. The highest BCUT2D eigenvalue weighted by atomic mass is 35.5. The number of benzene rings is 2. The van der Waals surface area contributed by atoms with Crippen molar-refractivity contribution in [3.8, 4) is 0 Å². The van der Waals surface area contributed by atoms with Gasteiger partial charge in [0.2, 0.25) is 5.91 Å². The van der Waals surface area contributed by atoms with E-state index in [1.54, 1.807) is 18.2 Å². The molecule has 0 bridgehead atoms. The van der Waals surface area contributed by atoms with Crippen molar-refractivity contribution in [2.75, 3.05) is 4.90 Å². The molecule has 1 heterocycles. The number of nitrogens with zero attached hydrogens (tertiary/aromatic N) is 2. The fourth-order valence-corrected chi connectivity index (χ4v) is 2.63. The molecule has 0 aromatic heterocycles. The lowest BCUT2D eigenvalue weighted by molar-refractivity contribution is -0.384. The first-order valence-electron chi connectivity index (χ1n) is 6.57. The molecule has 1 amide bonds. The lowest BCUT2D eigenvalue weighted by Crippen LogP contribution is -2.31. The summed E-state index contributed by atoms with van der Waals surface area (Å²) in [5.74, 6) is -0.273. The normalized spacial score (nSPS) is 16.7. The van der Waals surface area contributed by atoms with Crippen molar-refractivity contribution in [2.24, 2.45) is 5.73 Å². The fraction of sp³-hybridized carbons (Fsp3) is 0.133. The maximum Gasteiger partial charge on any atom is 0.269 e. The van der Waals surface area contributed by atoms with Gasteiger partial charge in [0.1, 0.15) is 6.04 Å². The first-order valence-corrected chi connectivity index (χ1v) is 6.95. The Hall–Kier alpha value is -2.44. The van der Waals surface area contributed by atoms with Gasteiger partial charge in [-0.25, -0.2) is 0 Å². The van der Waals surface area contributed by atoms with Gasteiger partial charge in [-0.1, -0.05) is 23.7 Å². The molecule has 3 rings (SSSR count). The van der Waals surface area contributed by atoms with Crippen molar-refractivity contribution < 1.29 is 9.72 Å². The molecule has 0 aliphatic carbocycles. The maximum absolute atomic E-state index is 12.3. The van der Waals surface area contributed by atoms with E-state index in [0.717, 1.165) is 5.56 Å². The maximum atomic E-state index is 12.3. The van der Waals surface area contributed by atoms with Gasteiger partial charge < -0.3 is 10.6 Å². The number of fused-ring (bicyclic) bond motifs is 1. The van der Waals surface area contributed by atoms with Crippen molar-refractivity contribution in [3.05, 3.63) is 68.7 Å². The summed E-state index contributed by atoms with van der Waals surface area (Å²) < 4.78 is 0. The van der Waals surface area contributed by atoms with E-state index in [1.165, 1.54) is 17.0 Å². The standard InChI is InChI=1S/C15H12ClN3O3/c16-10-3-1-9(2-4-10)8-18-13-6-5-11(19(21)22)7-12(13)14(17)15(18)20/h1-7,14H,8,17H2/t14-/m1/s1. The van der Waals surface area contributed by atoms with Gasteiger partial charge in [-0.3, -0.25) is 14.9 Å². The molecule has 22 heavy (non-hydrogen) atoms. The van der Waals surface area contributed by atoms with Crippen LogP contribution in [0.15, 0.2) is 42.5 Å². The summed E-state index contributed by atoms with van der Waals surface area (Å²) in [6.45, 7) is 0.342. The molecule has 0 fully saturated rings. The number of amides is 1. The summed E-state index contributed by atoms with van der Waals surface area (Å²) in [6.07, 6.45) is 0. The van der Waals surface area contributed by atoms with E-state index in [9.17, 15) is 14.9 Å². The molecule has 0 radical (unpaired) electrons. The zero-order valence-corrected chi connectivity index (χ0v) is 12.2. The minimum atomic E-state index is -0.873. The number of carbonyl (C=O) groups is 1. The molecule has 0 saturated carbocycles. The van der Waals surface area contributed by atoms with Crippen LogP contribution < -0.4 is 10.6 Å². The second kappa shape index (κ2) is 5.40. The van der Waals surface area contributed by atoms with Gasteiger partial charge in [0.05, 0.1) is 11.5 Å². The smallest absolute Gasteiger partial charge is 0.269 e. The van der Waals surface area contributed by atoms with Gasteiger partial charge in [0.15, 0.2) is 0 Å². The number of halogens is 1. The number of nitrogens with two attached hydrogens (primary N) is 1. The van der Waals surface area contributed by atoms with Crippen LogP contribution >= 0.6 is 11.6 Å². The van der Waals surface area contributed by atoms with Crippen LogP contribution in [0.3, 0.4) is 0 Å². The van der Waals surface area contributed by atoms with Gasteiger partial charge in [-0.2, -0.15) is 0 Å². The largest absolute Gasteiger partial charge is 0.316 e. The van der Waals surface area contributed by atoms with Crippen molar-refractivity contribution in [3.63, 3.8) is 0 Å². The molecule has 1 atom stereocenters. The van der Waals surface area contributed by atoms with Crippen LogP contribution in [-0.2, 0) is 11.3 Å². The number of anilines is 1. The van der Waals surface area contributed by atoms with Crippen molar-refractivity contribution in [1.82, 2.24) is 0 Å². The molecular weight excluding hydrogens is 306 g/mol. The van der Waals surface area contributed by atoms with Crippen molar-refractivity contribution in [2.45, 2.75) is 12.6 Å². The highest BCUT2D eigenvalue weighted by Gasteiger charge is 2.35. The Morgan fingerprint density at radius 1 is 1.23 bits per heavy atom. The summed E-state index contributed by atoms with van der Waals surface area (Å²) in [5, 5.41) is 11.5. The van der Waals surface area contributed by atoms with Crippen LogP contribution in [0.4, 0.5) is 11.4 Å². The first kappa shape index (κ1) is 14.5. The average molecular weight is 318 g/mol. The second-order valence-corrected chi connectivity index (χ2v) is 5.47. The quantitative estimate of drug-likeness (QED) is 0.696. The van der Waals surface area contributed by atoms with Crippen LogP contribution in [0.5, 0.6) is 0 Å². The van der Waals surface area contributed by atoms with Crippen LogP contribution in [0.2, 0.25) is 5.02 Å². The van der Waals surface area contributed by atoms with Crippen LogP contribution in [-0.4, -0.2) is 10.8 Å². The van der Waals surface area contributed by atoms with Crippen LogP contribution in [0, 0.1) is 10.1 Å². The minimum absolute atomic E-state index is 0.0738. The number of non-ortho nitro benzene ring substituents is 1. The van der Waals surface area contributed by atoms with E-state index in [4.69, 9.17) is 17.3 Å². The first-order chi connectivity index (χ1) is 10.5. The third kappa shape index (κ3) is 2.43. The molecule has 7 heteroatoms. The summed E-state index contributed by atoms with van der Waals surface area (Å²) in [7, 11) is 0. The Labute approximate surface area is 131 Å².